The molecule has 0 saturated heterocycles. The van der Waals surface area contributed by atoms with Gasteiger partial charge in [0.1, 0.15) is 5.58 Å². The van der Waals surface area contributed by atoms with Gasteiger partial charge in [0.2, 0.25) is 5.88 Å². The number of fused-ring (bicyclic) bond motifs is 1. The highest BCUT2D eigenvalue weighted by Crippen LogP contribution is 2.24. The Hall–Kier alpha value is -2.34. The predicted molar refractivity (Wildman–Crippen MR) is 82.7 cm³/mol. The van der Waals surface area contributed by atoms with Crippen LogP contribution in [-0.2, 0) is 0 Å². The Morgan fingerprint density at radius 2 is 2.14 bits per heavy atom. The third-order valence-corrected chi connectivity index (χ3v) is 3.40. The summed E-state index contributed by atoms with van der Waals surface area (Å²) in [6.45, 7) is 0. The largest absolute Gasteiger partial charge is 0.481 e. The molecule has 2 aromatic heterocycles. The van der Waals surface area contributed by atoms with Crippen LogP contribution in [0, 0.1) is 0 Å². The van der Waals surface area contributed by atoms with Crippen molar-refractivity contribution in [3.8, 4) is 5.88 Å². The van der Waals surface area contributed by atoms with Crippen molar-refractivity contribution in [3.63, 3.8) is 0 Å². The first kappa shape index (κ1) is 13.6. The Morgan fingerprint density at radius 3 is 2.86 bits per heavy atom. The van der Waals surface area contributed by atoms with Crippen molar-refractivity contribution in [2.75, 3.05) is 12.4 Å². The zero-order valence-electron chi connectivity index (χ0n) is 11.1. The highest BCUT2D eigenvalue weighted by atomic mass is 79.9. The number of carbonyl (C=O) groups excluding carboxylic acids is 1. The van der Waals surface area contributed by atoms with Crippen LogP contribution in [0.3, 0.4) is 0 Å². The monoisotopic (exact) mass is 346 g/mol. The number of nitrogens with zero attached hydrogens (tertiary/aromatic N) is 1. The van der Waals surface area contributed by atoms with Crippen LogP contribution in [0.4, 0.5) is 5.69 Å². The SMILES string of the molecule is COc1ccc(NC(=O)c2cc3cc(Br)ccc3o2)cn1. The minimum absolute atomic E-state index is 0.249. The number of hydrogen-bond donors (Lipinski definition) is 1. The molecular weight excluding hydrogens is 336 g/mol. The highest BCUT2D eigenvalue weighted by Gasteiger charge is 2.13. The number of pyridine rings is 1. The Labute approximate surface area is 129 Å². The number of halogens is 1. The number of nitrogens with one attached hydrogen (secondary N) is 1. The smallest absolute Gasteiger partial charge is 0.291 e. The molecular formula is C15H11BrN2O3. The van der Waals surface area contributed by atoms with Gasteiger partial charge in [-0.1, -0.05) is 15.9 Å². The number of hydrogen-bond acceptors (Lipinski definition) is 4. The lowest BCUT2D eigenvalue weighted by atomic mass is 10.2. The maximum atomic E-state index is 12.1. The van der Waals surface area contributed by atoms with Crippen molar-refractivity contribution in [1.82, 2.24) is 4.98 Å². The molecule has 1 amide bonds. The fourth-order valence-electron chi connectivity index (χ4n) is 1.89. The minimum atomic E-state index is -0.325. The molecule has 0 bridgehead atoms. The molecule has 21 heavy (non-hydrogen) atoms. The second-order valence-corrected chi connectivity index (χ2v) is 5.25. The number of benzene rings is 1. The maximum Gasteiger partial charge on any atom is 0.291 e. The van der Waals surface area contributed by atoms with Gasteiger partial charge < -0.3 is 14.5 Å². The van der Waals surface area contributed by atoms with Crippen LogP contribution in [0.15, 0.2) is 51.5 Å². The summed E-state index contributed by atoms with van der Waals surface area (Å²) in [5.41, 5.74) is 1.23. The van der Waals surface area contributed by atoms with Gasteiger partial charge >= 0.3 is 0 Å². The second kappa shape index (κ2) is 5.57. The van der Waals surface area contributed by atoms with E-state index >= 15 is 0 Å². The average Bonchev–Trinajstić information content (AvgIpc) is 2.91. The van der Waals surface area contributed by atoms with Crippen LogP contribution in [0.2, 0.25) is 0 Å². The zero-order valence-corrected chi connectivity index (χ0v) is 12.7. The van der Waals surface area contributed by atoms with E-state index in [1.165, 1.54) is 13.3 Å². The number of furan rings is 1. The van der Waals surface area contributed by atoms with Gasteiger partial charge in [-0.25, -0.2) is 4.98 Å². The van der Waals surface area contributed by atoms with Gasteiger partial charge in [0.15, 0.2) is 5.76 Å². The summed E-state index contributed by atoms with van der Waals surface area (Å²) in [7, 11) is 1.53. The van der Waals surface area contributed by atoms with E-state index in [4.69, 9.17) is 9.15 Å². The van der Waals surface area contributed by atoms with Crippen LogP contribution in [0.1, 0.15) is 10.6 Å². The van der Waals surface area contributed by atoms with E-state index in [-0.39, 0.29) is 11.7 Å². The van der Waals surface area contributed by atoms with Crippen molar-refractivity contribution < 1.29 is 13.9 Å². The molecule has 6 heteroatoms. The second-order valence-electron chi connectivity index (χ2n) is 4.34. The summed E-state index contributed by atoms with van der Waals surface area (Å²) in [5.74, 6) is 0.412. The molecule has 106 valence electrons. The molecule has 0 atom stereocenters. The molecule has 0 saturated carbocycles. The molecule has 0 aliphatic heterocycles. The van der Waals surface area contributed by atoms with E-state index in [1.807, 2.05) is 18.2 Å². The lowest BCUT2D eigenvalue weighted by Crippen LogP contribution is -2.10. The standard InChI is InChI=1S/C15H11BrN2O3/c1-20-14-5-3-11(8-17-14)18-15(19)13-7-9-6-10(16)2-4-12(9)21-13/h2-8H,1H3,(H,18,19). The van der Waals surface area contributed by atoms with E-state index in [1.54, 1.807) is 18.2 Å². The lowest BCUT2D eigenvalue weighted by Gasteiger charge is -2.03. The van der Waals surface area contributed by atoms with Crippen LogP contribution in [-0.4, -0.2) is 18.0 Å². The summed E-state index contributed by atoms with van der Waals surface area (Å²) in [6, 6.07) is 10.7. The van der Waals surface area contributed by atoms with Crippen molar-refractivity contribution >= 4 is 38.5 Å². The molecule has 5 nitrogen and oxygen atoms in total. The van der Waals surface area contributed by atoms with Crippen LogP contribution >= 0.6 is 15.9 Å². The number of methoxy groups -OCH3 is 1. The molecule has 3 aromatic rings. The third kappa shape index (κ3) is 2.90. The predicted octanol–water partition coefficient (Wildman–Crippen LogP) is 3.85. The summed E-state index contributed by atoms with van der Waals surface area (Å²) in [4.78, 5) is 16.2. The summed E-state index contributed by atoms with van der Waals surface area (Å²) in [6.07, 6.45) is 1.52. The number of aromatic nitrogens is 1. The number of ether oxygens (including phenoxy) is 1. The number of rotatable bonds is 3. The average molecular weight is 347 g/mol. The molecule has 1 N–H and O–H groups in total. The van der Waals surface area contributed by atoms with Crippen molar-refractivity contribution in [3.05, 3.63) is 52.8 Å². The Balaban J connectivity index is 1.82. The highest BCUT2D eigenvalue weighted by molar-refractivity contribution is 9.10. The molecule has 1 aromatic carbocycles. The fourth-order valence-corrected chi connectivity index (χ4v) is 2.27. The van der Waals surface area contributed by atoms with Gasteiger partial charge in [-0.3, -0.25) is 4.79 Å². The summed E-state index contributed by atoms with van der Waals surface area (Å²) < 4.78 is 11.4. The van der Waals surface area contributed by atoms with Crippen LogP contribution < -0.4 is 10.1 Å². The van der Waals surface area contributed by atoms with Gasteiger partial charge in [0.05, 0.1) is 19.0 Å². The van der Waals surface area contributed by atoms with Gasteiger partial charge in [0.25, 0.3) is 5.91 Å². The van der Waals surface area contributed by atoms with E-state index in [0.29, 0.717) is 17.2 Å². The van der Waals surface area contributed by atoms with Gasteiger partial charge in [-0.2, -0.15) is 0 Å². The van der Waals surface area contributed by atoms with E-state index in [2.05, 4.69) is 26.2 Å². The number of amides is 1. The molecule has 0 radical (unpaired) electrons. The molecule has 0 unspecified atom stereocenters. The normalized spacial score (nSPS) is 10.6. The summed E-state index contributed by atoms with van der Waals surface area (Å²) >= 11 is 3.38. The first-order chi connectivity index (χ1) is 10.2. The Bertz CT molecular complexity index is 796. The van der Waals surface area contributed by atoms with Crippen molar-refractivity contribution in [1.29, 1.82) is 0 Å². The topological polar surface area (TPSA) is 64.4 Å². The Kier molecular flexibility index (Phi) is 3.62. The quantitative estimate of drug-likeness (QED) is 0.782. The van der Waals surface area contributed by atoms with Crippen molar-refractivity contribution in [2.24, 2.45) is 0 Å². The summed E-state index contributed by atoms with van der Waals surface area (Å²) in [5, 5.41) is 3.59. The molecule has 0 aliphatic carbocycles. The molecule has 3 rings (SSSR count). The van der Waals surface area contributed by atoms with E-state index < -0.39 is 0 Å². The number of anilines is 1. The van der Waals surface area contributed by atoms with Crippen LogP contribution in [0.5, 0.6) is 5.88 Å². The first-order valence-electron chi connectivity index (χ1n) is 6.16. The molecule has 0 fully saturated rings. The van der Waals surface area contributed by atoms with Gasteiger partial charge in [0, 0.05) is 15.9 Å². The van der Waals surface area contributed by atoms with E-state index in [9.17, 15) is 4.79 Å². The first-order valence-corrected chi connectivity index (χ1v) is 6.95. The van der Waals surface area contributed by atoms with Crippen LogP contribution in [0.25, 0.3) is 11.0 Å². The van der Waals surface area contributed by atoms with Gasteiger partial charge in [-0.15, -0.1) is 0 Å². The molecule has 2 heterocycles. The fraction of sp³-hybridized carbons (Fsp3) is 0.0667. The van der Waals surface area contributed by atoms with E-state index in [0.717, 1.165) is 9.86 Å². The third-order valence-electron chi connectivity index (χ3n) is 2.91. The minimum Gasteiger partial charge on any atom is -0.481 e. The zero-order chi connectivity index (χ0) is 14.8. The molecule has 0 aliphatic rings. The lowest BCUT2D eigenvalue weighted by molar-refractivity contribution is 0.0998. The number of carbonyl (C=O) groups is 1. The van der Waals surface area contributed by atoms with Crippen molar-refractivity contribution in [2.45, 2.75) is 0 Å². The van der Waals surface area contributed by atoms with Gasteiger partial charge in [-0.05, 0) is 30.3 Å². The Morgan fingerprint density at radius 1 is 1.29 bits per heavy atom. The maximum absolute atomic E-state index is 12.1. The molecule has 0 spiro atoms.